The van der Waals surface area contributed by atoms with Gasteiger partial charge in [0.05, 0.1) is 6.04 Å². The van der Waals surface area contributed by atoms with Gasteiger partial charge in [-0.25, -0.2) is 0 Å². The Balaban J connectivity index is 2.49. The summed E-state index contributed by atoms with van der Waals surface area (Å²) in [7, 11) is 3.46. The third kappa shape index (κ3) is 3.87. The van der Waals surface area contributed by atoms with E-state index in [0.29, 0.717) is 0 Å². The summed E-state index contributed by atoms with van der Waals surface area (Å²) in [6, 6.07) is 8.18. The number of hydrogen-bond donors (Lipinski definition) is 2. The number of amides is 1. The van der Waals surface area contributed by atoms with Crippen LogP contribution in [0.15, 0.2) is 29.2 Å². The first-order valence-corrected chi connectivity index (χ1v) is 6.24. The Kier molecular flexibility index (Phi) is 5.35. The molecular formula is C12H18N2OS. The lowest BCUT2D eigenvalue weighted by atomic mass is 10.2. The topological polar surface area (TPSA) is 41.1 Å². The maximum absolute atomic E-state index is 11.4. The van der Waals surface area contributed by atoms with Crippen molar-refractivity contribution in [1.29, 1.82) is 0 Å². The zero-order valence-corrected chi connectivity index (χ0v) is 10.7. The van der Waals surface area contributed by atoms with Crippen LogP contribution >= 0.6 is 11.8 Å². The van der Waals surface area contributed by atoms with Gasteiger partial charge in [-0.1, -0.05) is 17.7 Å². The summed E-state index contributed by atoms with van der Waals surface area (Å²) in [6.07, 6.45) is 0. The van der Waals surface area contributed by atoms with E-state index < -0.39 is 0 Å². The minimum Gasteiger partial charge on any atom is -0.358 e. The van der Waals surface area contributed by atoms with Crippen molar-refractivity contribution in [3.8, 4) is 0 Å². The Morgan fingerprint density at radius 3 is 2.44 bits per heavy atom. The predicted octanol–water partition coefficient (Wildman–Crippen LogP) is 1.42. The van der Waals surface area contributed by atoms with Gasteiger partial charge in [0, 0.05) is 17.7 Å². The first-order chi connectivity index (χ1) is 7.67. The van der Waals surface area contributed by atoms with E-state index >= 15 is 0 Å². The van der Waals surface area contributed by atoms with Crippen molar-refractivity contribution in [2.75, 3.05) is 19.8 Å². The van der Waals surface area contributed by atoms with E-state index in [2.05, 4.69) is 41.8 Å². The molecule has 3 nitrogen and oxygen atoms in total. The molecule has 16 heavy (non-hydrogen) atoms. The highest BCUT2D eigenvalue weighted by Gasteiger charge is 2.14. The summed E-state index contributed by atoms with van der Waals surface area (Å²) >= 11 is 1.68. The number of thioether (sulfide) groups is 1. The number of carbonyl (C=O) groups is 1. The van der Waals surface area contributed by atoms with Crippen molar-refractivity contribution in [3.05, 3.63) is 29.8 Å². The number of carbonyl (C=O) groups excluding carboxylic acids is 1. The second kappa shape index (κ2) is 6.55. The number of nitrogens with one attached hydrogen (secondary N) is 2. The average molecular weight is 238 g/mol. The molecule has 1 atom stereocenters. The monoisotopic (exact) mass is 238 g/mol. The second-order valence-corrected chi connectivity index (χ2v) is 4.67. The maximum atomic E-state index is 11.4. The molecule has 1 aromatic carbocycles. The summed E-state index contributed by atoms with van der Waals surface area (Å²) in [5.74, 6) is 0.765. The fourth-order valence-corrected chi connectivity index (χ4v) is 2.28. The van der Waals surface area contributed by atoms with Crippen LogP contribution in [0, 0.1) is 6.92 Å². The van der Waals surface area contributed by atoms with Crippen LogP contribution in [0.5, 0.6) is 0 Å². The summed E-state index contributed by atoms with van der Waals surface area (Å²) in [5, 5.41) is 5.65. The van der Waals surface area contributed by atoms with Crippen molar-refractivity contribution in [2.24, 2.45) is 0 Å². The molecule has 0 saturated carbocycles. The van der Waals surface area contributed by atoms with Gasteiger partial charge in [0.15, 0.2) is 0 Å². The smallest absolute Gasteiger partial charge is 0.237 e. The van der Waals surface area contributed by atoms with Crippen LogP contribution in [0.3, 0.4) is 0 Å². The minimum absolute atomic E-state index is 0.0297. The number of likely N-dealkylation sites (N-methyl/N-ethyl adjacent to an activating group) is 2. The van der Waals surface area contributed by atoms with Crippen LogP contribution in [0.2, 0.25) is 0 Å². The highest BCUT2D eigenvalue weighted by Crippen LogP contribution is 2.19. The Labute approximate surface area is 101 Å². The Hall–Kier alpha value is -1.00. The fourth-order valence-electron chi connectivity index (χ4n) is 1.28. The van der Waals surface area contributed by atoms with E-state index in [1.54, 1.807) is 25.9 Å². The molecule has 88 valence electrons. The molecule has 0 aromatic heterocycles. The second-order valence-electron chi connectivity index (χ2n) is 3.58. The summed E-state index contributed by atoms with van der Waals surface area (Å²) in [5.41, 5.74) is 1.25. The lowest BCUT2D eigenvalue weighted by Gasteiger charge is -2.13. The fraction of sp³-hybridized carbons (Fsp3) is 0.417. The molecule has 1 amide bonds. The molecule has 0 bridgehead atoms. The Bertz CT molecular complexity index is 337. The molecule has 0 fully saturated rings. The SMILES string of the molecule is CNC(=O)[C@H](CSc1ccc(C)cc1)NC. The lowest BCUT2D eigenvalue weighted by molar-refractivity contribution is -0.122. The van der Waals surface area contributed by atoms with E-state index in [9.17, 15) is 4.79 Å². The van der Waals surface area contributed by atoms with Crippen LogP contribution in [-0.4, -0.2) is 31.8 Å². The normalized spacial score (nSPS) is 12.2. The van der Waals surface area contributed by atoms with E-state index in [1.165, 1.54) is 10.5 Å². The van der Waals surface area contributed by atoms with Gasteiger partial charge in [-0.3, -0.25) is 4.79 Å². The van der Waals surface area contributed by atoms with Crippen molar-refractivity contribution in [1.82, 2.24) is 10.6 Å². The molecule has 1 aromatic rings. The molecule has 0 aliphatic carbocycles. The van der Waals surface area contributed by atoms with E-state index in [0.717, 1.165) is 5.75 Å². The number of aryl methyl sites for hydroxylation is 1. The first-order valence-electron chi connectivity index (χ1n) is 5.25. The molecule has 4 heteroatoms. The first kappa shape index (κ1) is 13.1. The molecule has 1 rings (SSSR count). The standard InChI is InChI=1S/C12H18N2OS/c1-9-4-6-10(7-5-9)16-8-11(13-2)12(15)14-3/h4-7,11,13H,8H2,1-3H3,(H,14,15)/t11-/m0/s1. The zero-order valence-electron chi connectivity index (χ0n) is 9.91. The predicted molar refractivity (Wildman–Crippen MR) is 68.8 cm³/mol. The summed E-state index contributed by atoms with van der Waals surface area (Å²) in [6.45, 7) is 2.06. The van der Waals surface area contributed by atoms with Gasteiger partial charge < -0.3 is 10.6 Å². The van der Waals surface area contributed by atoms with E-state index in [-0.39, 0.29) is 11.9 Å². The largest absolute Gasteiger partial charge is 0.358 e. The third-order valence-corrected chi connectivity index (χ3v) is 3.45. The van der Waals surface area contributed by atoms with Gasteiger partial charge in [-0.05, 0) is 26.1 Å². The maximum Gasteiger partial charge on any atom is 0.237 e. The molecule has 0 saturated heterocycles. The minimum atomic E-state index is -0.142. The molecule has 2 N–H and O–H groups in total. The molecule has 0 heterocycles. The third-order valence-electron chi connectivity index (χ3n) is 2.35. The Morgan fingerprint density at radius 1 is 1.31 bits per heavy atom. The van der Waals surface area contributed by atoms with Gasteiger partial charge in [0.2, 0.25) is 5.91 Å². The van der Waals surface area contributed by atoms with E-state index in [4.69, 9.17) is 0 Å². The highest BCUT2D eigenvalue weighted by atomic mass is 32.2. The van der Waals surface area contributed by atoms with E-state index in [1.807, 2.05) is 0 Å². The number of rotatable bonds is 5. The van der Waals surface area contributed by atoms with Crippen LogP contribution in [0.4, 0.5) is 0 Å². The van der Waals surface area contributed by atoms with Gasteiger partial charge in [0.1, 0.15) is 0 Å². The summed E-state index contributed by atoms with van der Waals surface area (Å²) in [4.78, 5) is 12.6. The van der Waals surface area contributed by atoms with Gasteiger partial charge in [-0.2, -0.15) is 0 Å². The van der Waals surface area contributed by atoms with Crippen molar-refractivity contribution in [2.45, 2.75) is 17.9 Å². The molecule has 0 radical (unpaired) electrons. The molecule has 0 aliphatic heterocycles. The highest BCUT2D eigenvalue weighted by molar-refractivity contribution is 7.99. The molecular weight excluding hydrogens is 220 g/mol. The molecule has 0 aliphatic rings. The lowest BCUT2D eigenvalue weighted by Crippen LogP contribution is -2.42. The van der Waals surface area contributed by atoms with Crippen molar-refractivity contribution >= 4 is 17.7 Å². The van der Waals surface area contributed by atoms with Gasteiger partial charge >= 0.3 is 0 Å². The van der Waals surface area contributed by atoms with Crippen LogP contribution in [0.1, 0.15) is 5.56 Å². The molecule has 0 unspecified atom stereocenters. The quantitative estimate of drug-likeness (QED) is 0.762. The average Bonchev–Trinajstić information content (AvgIpc) is 2.31. The van der Waals surface area contributed by atoms with Crippen LogP contribution < -0.4 is 10.6 Å². The van der Waals surface area contributed by atoms with Crippen LogP contribution in [-0.2, 0) is 4.79 Å². The zero-order chi connectivity index (χ0) is 12.0. The van der Waals surface area contributed by atoms with Crippen molar-refractivity contribution < 1.29 is 4.79 Å². The molecule has 0 spiro atoms. The number of benzene rings is 1. The van der Waals surface area contributed by atoms with Gasteiger partial charge in [0.25, 0.3) is 0 Å². The van der Waals surface area contributed by atoms with Gasteiger partial charge in [-0.15, -0.1) is 11.8 Å². The van der Waals surface area contributed by atoms with Crippen molar-refractivity contribution in [3.63, 3.8) is 0 Å². The summed E-state index contributed by atoms with van der Waals surface area (Å²) < 4.78 is 0. The number of hydrogen-bond acceptors (Lipinski definition) is 3. The Morgan fingerprint density at radius 2 is 1.94 bits per heavy atom. The van der Waals surface area contributed by atoms with Crippen LogP contribution in [0.25, 0.3) is 0 Å².